The van der Waals surface area contributed by atoms with E-state index in [2.05, 4.69) is 0 Å². The van der Waals surface area contributed by atoms with E-state index >= 15 is 0 Å². The lowest BCUT2D eigenvalue weighted by atomic mass is 10.1. The van der Waals surface area contributed by atoms with Gasteiger partial charge in [-0.1, -0.05) is 0 Å². The van der Waals surface area contributed by atoms with E-state index < -0.39 is 53.1 Å². The molecule has 1 rings (SSSR count). The zero-order valence-corrected chi connectivity index (χ0v) is 10.8. The Kier molecular flexibility index (Phi) is 3.87. The van der Waals surface area contributed by atoms with Gasteiger partial charge in [0.25, 0.3) is 20.2 Å². The fraction of sp³-hybridized carbons (Fsp3) is 0. The van der Waals surface area contributed by atoms with E-state index in [1.807, 2.05) is 0 Å². The van der Waals surface area contributed by atoms with Crippen molar-refractivity contribution in [3.05, 3.63) is 23.3 Å². The van der Waals surface area contributed by atoms with Crippen LogP contribution in [0, 0.1) is 0 Å². The highest BCUT2D eigenvalue weighted by molar-refractivity contribution is 7.86. The average Bonchev–Trinajstić information content (AvgIpc) is 2.24. The van der Waals surface area contributed by atoms with Gasteiger partial charge in [0.05, 0.1) is 16.0 Å². The Morgan fingerprint density at radius 2 is 1.35 bits per heavy atom. The smallest absolute Gasteiger partial charge is 0.338 e. The molecular weight excluding hydrogens is 320 g/mol. The van der Waals surface area contributed by atoms with Gasteiger partial charge in [-0.3, -0.25) is 9.11 Å². The third-order valence-electron chi connectivity index (χ3n) is 2.10. The number of hydrogen-bond donors (Lipinski definition) is 4. The summed E-state index contributed by atoms with van der Waals surface area (Å²) in [7, 11) is -10.3. The number of aromatic carboxylic acids is 2. The molecule has 0 bridgehead atoms. The van der Waals surface area contributed by atoms with Crippen molar-refractivity contribution in [2.45, 2.75) is 9.79 Å². The number of carbonyl (C=O) groups is 2. The second kappa shape index (κ2) is 4.82. The lowest BCUT2D eigenvalue weighted by Gasteiger charge is -2.09. The predicted molar refractivity (Wildman–Crippen MR) is 60.0 cm³/mol. The summed E-state index contributed by atoms with van der Waals surface area (Å²) < 4.78 is 61.5. The molecule has 0 aliphatic carbocycles. The van der Waals surface area contributed by atoms with Gasteiger partial charge < -0.3 is 10.2 Å². The first kappa shape index (κ1) is 16.0. The minimum Gasteiger partial charge on any atom is -0.478 e. The van der Waals surface area contributed by atoms with Gasteiger partial charge >= 0.3 is 11.9 Å². The summed E-state index contributed by atoms with van der Waals surface area (Å²) in [6.07, 6.45) is 0. The summed E-state index contributed by atoms with van der Waals surface area (Å²) in [6, 6.07) is 0.399. The summed E-state index contributed by atoms with van der Waals surface area (Å²) >= 11 is 0. The van der Waals surface area contributed by atoms with Gasteiger partial charge in [0.2, 0.25) is 0 Å². The molecule has 0 amide bonds. The third kappa shape index (κ3) is 3.11. The van der Waals surface area contributed by atoms with Crippen LogP contribution in [0.15, 0.2) is 21.9 Å². The predicted octanol–water partition coefficient (Wildman–Crippen LogP) is -0.424. The van der Waals surface area contributed by atoms with Gasteiger partial charge in [0, 0.05) is 0 Å². The standard InChI is InChI=1S/C8H6O10S2/c9-7(10)4-1-3(19(13,14)15)2-5(20(16,17)18)6(4)8(11)12/h1-2H,(H,9,10)(H,11,12)(H,13,14,15)(H,16,17,18). The molecule has 0 saturated heterocycles. The van der Waals surface area contributed by atoms with Crippen LogP contribution in [0.4, 0.5) is 0 Å². The number of carboxylic acids is 2. The average molecular weight is 326 g/mol. The monoisotopic (exact) mass is 326 g/mol. The number of rotatable bonds is 4. The molecule has 0 atom stereocenters. The third-order valence-corrected chi connectivity index (χ3v) is 3.80. The molecule has 1 aromatic rings. The second-order valence-corrected chi connectivity index (χ2v) is 6.22. The van der Waals surface area contributed by atoms with E-state index in [1.54, 1.807) is 0 Å². The highest BCUT2D eigenvalue weighted by Crippen LogP contribution is 2.25. The molecule has 110 valence electrons. The minimum atomic E-state index is -5.24. The van der Waals surface area contributed by atoms with E-state index in [0.717, 1.165) is 0 Å². The van der Waals surface area contributed by atoms with Gasteiger partial charge in [-0.2, -0.15) is 16.8 Å². The molecule has 12 heteroatoms. The molecule has 4 N–H and O–H groups in total. The van der Waals surface area contributed by atoms with Crippen molar-refractivity contribution in [1.82, 2.24) is 0 Å². The summed E-state index contributed by atoms with van der Waals surface area (Å²) in [5.41, 5.74) is -2.55. The van der Waals surface area contributed by atoms with Crippen LogP contribution in [-0.2, 0) is 20.2 Å². The van der Waals surface area contributed by atoms with Crippen molar-refractivity contribution < 1.29 is 45.7 Å². The van der Waals surface area contributed by atoms with Gasteiger partial charge in [0.1, 0.15) is 4.90 Å². The van der Waals surface area contributed by atoms with Crippen molar-refractivity contribution in [2.75, 3.05) is 0 Å². The van der Waals surface area contributed by atoms with E-state index in [0.29, 0.717) is 0 Å². The van der Waals surface area contributed by atoms with Crippen LogP contribution in [0.5, 0.6) is 0 Å². The Labute approximate surface area is 111 Å². The number of carboxylic acid groups (broad SMARTS) is 2. The zero-order chi connectivity index (χ0) is 15.9. The SMILES string of the molecule is O=C(O)c1cc(S(=O)(=O)O)cc(S(=O)(=O)O)c1C(=O)O. The zero-order valence-electron chi connectivity index (χ0n) is 9.21. The molecule has 20 heavy (non-hydrogen) atoms. The van der Waals surface area contributed by atoms with E-state index in [4.69, 9.17) is 19.3 Å². The van der Waals surface area contributed by atoms with E-state index in [9.17, 15) is 26.4 Å². The Morgan fingerprint density at radius 3 is 1.65 bits per heavy atom. The van der Waals surface area contributed by atoms with Gasteiger partial charge in [-0.05, 0) is 12.1 Å². The highest BCUT2D eigenvalue weighted by atomic mass is 32.2. The van der Waals surface area contributed by atoms with Crippen LogP contribution in [-0.4, -0.2) is 48.1 Å². The molecule has 0 unspecified atom stereocenters. The van der Waals surface area contributed by atoms with Crippen LogP contribution in [0.3, 0.4) is 0 Å². The molecule has 0 aromatic heterocycles. The molecule has 10 nitrogen and oxygen atoms in total. The largest absolute Gasteiger partial charge is 0.478 e. The Balaban J connectivity index is 4.04. The molecular formula is C8H6O10S2. The summed E-state index contributed by atoms with van der Waals surface area (Å²) in [6.45, 7) is 0. The van der Waals surface area contributed by atoms with Crippen LogP contribution >= 0.6 is 0 Å². The maximum atomic E-state index is 11.0. The molecule has 0 aliphatic rings. The molecule has 0 fully saturated rings. The van der Waals surface area contributed by atoms with Crippen molar-refractivity contribution >= 4 is 32.2 Å². The van der Waals surface area contributed by atoms with Crippen molar-refractivity contribution in [1.29, 1.82) is 0 Å². The fourth-order valence-corrected chi connectivity index (χ4v) is 2.67. The number of hydrogen-bond acceptors (Lipinski definition) is 6. The van der Waals surface area contributed by atoms with Gasteiger partial charge in [-0.25, -0.2) is 9.59 Å². The normalized spacial score (nSPS) is 12.1. The maximum Gasteiger partial charge on any atom is 0.338 e. The van der Waals surface area contributed by atoms with Gasteiger partial charge in [0.15, 0.2) is 0 Å². The first-order chi connectivity index (χ1) is 8.85. The minimum absolute atomic E-state index is 0.139. The Hall–Kier alpha value is -2.02. The number of benzene rings is 1. The molecule has 1 aromatic carbocycles. The quantitative estimate of drug-likeness (QED) is 0.529. The highest BCUT2D eigenvalue weighted by Gasteiger charge is 2.30. The first-order valence-electron chi connectivity index (χ1n) is 4.45. The topological polar surface area (TPSA) is 183 Å². The second-order valence-electron chi connectivity index (χ2n) is 3.40. The maximum absolute atomic E-state index is 11.0. The Morgan fingerprint density at radius 1 is 0.850 bits per heavy atom. The molecule has 0 saturated carbocycles. The molecule has 0 spiro atoms. The summed E-state index contributed by atoms with van der Waals surface area (Å²) in [4.78, 5) is 19.1. The van der Waals surface area contributed by atoms with Crippen LogP contribution in [0.25, 0.3) is 0 Å². The van der Waals surface area contributed by atoms with Crippen molar-refractivity contribution in [3.63, 3.8) is 0 Å². The fourth-order valence-electron chi connectivity index (χ4n) is 1.33. The van der Waals surface area contributed by atoms with Crippen LogP contribution in [0.2, 0.25) is 0 Å². The summed E-state index contributed by atoms with van der Waals surface area (Å²) in [5.74, 6) is -3.98. The lowest BCUT2D eigenvalue weighted by molar-refractivity contribution is 0.0647. The summed E-state index contributed by atoms with van der Waals surface area (Å²) in [5, 5.41) is 17.6. The first-order valence-corrected chi connectivity index (χ1v) is 7.33. The van der Waals surface area contributed by atoms with E-state index in [-0.39, 0.29) is 12.1 Å². The van der Waals surface area contributed by atoms with Crippen LogP contribution < -0.4 is 0 Å². The van der Waals surface area contributed by atoms with Crippen molar-refractivity contribution in [3.8, 4) is 0 Å². The van der Waals surface area contributed by atoms with Gasteiger partial charge in [-0.15, -0.1) is 0 Å². The Bertz CT molecular complexity index is 802. The van der Waals surface area contributed by atoms with Crippen molar-refractivity contribution in [2.24, 2.45) is 0 Å². The molecule has 0 heterocycles. The van der Waals surface area contributed by atoms with Crippen LogP contribution in [0.1, 0.15) is 20.7 Å². The van der Waals surface area contributed by atoms with E-state index in [1.165, 1.54) is 0 Å². The molecule has 0 radical (unpaired) electrons. The molecule has 0 aliphatic heterocycles. The lowest BCUT2D eigenvalue weighted by Crippen LogP contribution is -2.16.